The second-order valence-corrected chi connectivity index (χ2v) is 6.76. The van der Waals surface area contributed by atoms with Gasteiger partial charge in [0.05, 0.1) is 6.54 Å². The van der Waals surface area contributed by atoms with Crippen molar-refractivity contribution in [1.29, 1.82) is 0 Å². The number of aryl methyl sites for hydroxylation is 1. The first kappa shape index (κ1) is 19.0. The SMILES string of the molecule is CCN(CC)C(=O)c1cccc(NC(=O)CN2CCCc3ccccc32)c1. The highest BCUT2D eigenvalue weighted by Crippen LogP contribution is 2.26. The standard InChI is InChI=1S/C22H27N3O2/c1-3-24(4-2)22(27)18-10-7-12-19(15-18)23-21(26)16-25-14-8-11-17-9-5-6-13-20(17)25/h5-7,9-10,12-13,15H,3-4,8,11,14,16H2,1-2H3,(H,23,26). The molecule has 1 aliphatic heterocycles. The third kappa shape index (κ3) is 4.48. The van der Waals surface area contributed by atoms with E-state index < -0.39 is 0 Å². The highest BCUT2D eigenvalue weighted by Gasteiger charge is 2.19. The Labute approximate surface area is 161 Å². The molecular weight excluding hydrogens is 338 g/mol. The summed E-state index contributed by atoms with van der Waals surface area (Å²) in [4.78, 5) is 29.0. The van der Waals surface area contributed by atoms with E-state index in [1.807, 2.05) is 38.1 Å². The summed E-state index contributed by atoms with van der Waals surface area (Å²) in [5.41, 5.74) is 3.69. The van der Waals surface area contributed by atoms with Gasteiger partial charge in [0, 0.05) is 36.6 Å². The van der Waals surface area contributed by atoms with Gasteiger partial charge in [-0.2, -0.15) is 0 Å². The molecule has 2 aromatic carbocycles. The van der Waals surface area contributed by atoms with Crippen molar-refractivity contribution in [3.8, 4) is 0 Å². The fraction of sp³-hybridized carbons (Fsp3) is 0.364. The minimum Gasteiger partial charge on any atom is -0.362 e. The number of benzene rings is 2. The molecule has 1 heterocycles. The van der Waals surface area contributed by atoms with Crippen LogP contribution in [-0.4, -0.2) is 42.9 Å². The fourth-order valence-electron chi connectivity index (χ4n) is 3.57. The maximum Gasteiger partial charge on any atom is 0.253 e. The average Bonchev–Trinajstić information content (AvgIpc) is 2.69. The van der Waals surface area contributed by atoms with Gasteiger partial charge >= 0.3 is 0 Å². The van der Waals surface area contributed by atoms with Crippen molar-refractivity contribution in [3.05, 3.63) is 59.7 Å². The molecule has 3 rings (SSSR count). The van der Waals surface area contributed by atoms with Gasteiger partial charge in [0.25, 0.3) is 5.91 Å². The van der Waals surface area contributed by atoms with E-state index in [1.165, 1.54) is 5.56 Å². The Morgan fingerprint density at radius 3 is 2.63 bits per heavy atom. The molecule has 0 bridgehead atoms. The van der Waals surface area contributed by atoms with E-state index in [2.05, 4.69) is 22.3 Å². The van der Waals surface area contributed by atoms with Crippen LogP contribution < -0.4 is 10.2 Å². The summed E-state index contributed by atoms with van der Waals surface area (Å²) in [6, 6.07) is 15.4. The van der Waals surface area contributed by atoms with E-state index in [-0.39, 0.29) is 11.8 Å². The molecule has 142 valence electrons. The molecule has 1 N–H and O–H groups in total. The van der Waals surface area contributed by atoms with Crippen molar-refractivity contribution in [2.45, 2.75) is 26.7 Å². The largest absolute Gasteiger partial charge is 0.362 e. The molecule has 0 aromatic heterocycles. The first-order chi connectivity index (χ1) is 13.1. The van der Waals surface area contributed by atoms with Crippen molar-refractivity contribution in [1.82, 2.24) is 4.90 Å². The predicted molar refractivity (Wildman–Crippen MR) is 109 cm³/mol. The van der Waals surface area contributed by atoms with Crippen molar-refractivity contribution in [2.75, 3.05) is 36.4 Å². The molecule has 0 unspecified atom stereocenters. The van der Waals surface area contributed by atoms with Crippen LogP contribution in [-0.2, 0) is 11.2 Å². The summed E-state index contributed by atoms with van der Waals surface area (Å²) in [5, 5.41) is 2.94. The highest BCUT2D eigenvalue weighted by atomic mass is 16.2. The summed E-state index contributed by atoms with van der Waals surface area (Å²) in [6.07, 6.45) is 2.11. The molecule has 0 spiro atoms. The van der Waals surface area contributed by atoms with Crippen LogP contribution in [0.1, 0.15) is 36.2 Å². The van der Waals surface area contributed by atoms with Crippen LogP contribution in [0.2, 0.25) is 0 Å². The molecule has 0 radical (unpaired) electrons. The van der Waals surface area contributed by atoms with Gasteiger partial charge < -0.3 is 15.1 Å². The first-order valence-electron chi connectivity index (χ1n) is 9.64. The van der Waals surface area contributed by atoms with Crippen LogP contribution in [0.5, 0.6) is 0 Å². The molecule has 0 atom stereocenters. The van der Waals surface area contributed by atoms with Crippen LogP contribution >= 0.6 is 0 Å². The monoisotopic (exact) mass is 365 g/mol. The number of nitrogens with one attached hydrogen (secondary N) is 1. The Morgan fingerprint density at radius 1 is 1.07 bits per heavy atom. The second kappa shape index (κ2) is 8.71. The number of fused-ring (bicyclic) bond motifs is 1. The lowest BCUT2D eigenvalue weighted by Gasteiger charge is -2.30. The van der Waals surface area contributed by atoms with Gasteiger partial charge in [-0.15, -0.1) is 0 Å². The van der Waals surface area contributed by atoms with Crippen molar-refractivity contribution in [3.63, 3.8) is 0 Å². The van der Waals surface area contributed by atoms with Gasteiger partial charge in [-0.3, -0.25) is 9.59 Å². The number of carbonyl (C=O) groups excluding carboxylic acids is 2. The van der Waals surface area contributed by atoms with E-state index in [0.717, 1.165) is 25.1 Å². The highest BCUT2D eigenvalue weighted by molar-refractivity contribution is 5.98. The zero-order chi connectivity index (χ0) is 19.2. The summed E-state index contributed by atoms with van der Waals surface area (Å²) < 4.78 is 0. The average molecular weight is 365 g/mol. The number of rotatable bonds is 6. The number of hydrogen-bond donors (Lipinski definition) is 1. The molecule has 0 saturated carbocycles. The number of carbonyl (C=O) groups is 2. The first-order valence-corrected chi connectivity index (χ1v) is 9.64. The molecule has 27 heavy (non-hydrogen) atoms. The van der Waals surface area contributed by atoms with Gasteiger partial charge in [-0.05, 0) is 56.5 Å². The summed E-state index contributed by atoms with van der Waals surface area (Å²) in [7, 11) is 0. The lowest BCUT2D eigenvalue weighted by molar-refractivity contribution is -0.115. The maximum absolute atomic E-state index is 12.6. The lowest BCUT2D eigenvalue weighted by atomic mass is 10.0. The number of hydrogen-bond acceptors (Lipinski definition) is 3. The number of anilines is 2. The quantitative estimate of drug-likeness (QED) is 0.852. The Balaban J connectivity index is 1.67. The maximum atomic E-state index is 12.6. The summed E-state index contributed by atoms with van der Waals surface area (Å²) in [5.74, 6) is -0.0831. The van der Waals surface area contributed by atoms with Gasteiger partial charge in [0.15, 0.2) is 0 Å². The number of para-hydroxylation sites is 1. The second-order valence-electron chi connectivity index (χ2n) is 6.76. The Kier molecular flexibility index (Phi) is 6.12. The molecule has 5 nitrogen and oxygen atoms in total. The van der Waals surface area contributed by atoms with Crippen LogP contribution in [0.25, 0.3) is 0 Å². The fourth-order valence-corrected chi connectivity index (χ4v) is 3.57. The molecule has 2 amide bonds. The summed E-state index contributed by atoms with van der Waals surface area (Å²) in [6.45, 7) is 6.45. The van der Waals surface area contributed by atoms with E-state index in [0.29, 0.717) is 30.9 Å². The van der Waals surface area contributed by atoms with Gasteiger partial charge in [0.1, 0.15) is 0 Å². The molecular formula is C22H27N3O2. The van der Waals surface area contributed by atoms with E-state index in [9.17, 15) is 9.59 Å². The molecule has 0 saturated heterocycles. The Hall–Kier alpha value is -2.82. The topological polar surface area (TPSA) is 52.7 Å². The molecule has 5 heteroatoms. The van der Waals surface area contributed by atoms with Crippen molar-refractivity contribution >= 4 is 23.2 Å². The summed E-state index contributed by atoms with van der Waals surface area (Å²) >= 11 is 0. The van der Waals surface area contributed by atoms with E-state index >= 15 is 0 Å². The van der Waals surface area contributed by atoms with Crippen molar-refractivity contribution < 1.29 is 9.59 Å². The normalized spacial score (nSPS) is 13.0. The van der Waals surface area contributed by atoms with Gasteiger partial charge in [0.2, 0.25) is 5.91 Å². The zero-order valence-electron chi connectivity index (χ0n) is 16.1. The smallest absolute Gasteiger partial charge is 0.253 e. The Morgan fingerprint density at radius 2 is 1.85 bits per heavy atom. The Bertz CT molecular complexity index is 815. The van der Waals surface area contributed by atoms with Crippen LogP contribution in [0.3, 0.4) is 0 Å². The lowest BCUT2D eigenvalue weighted by Crippen LogP contribution is -2.36. The molecule has 0 fully saturated rings. The molecule has 2 aromatic rings. The number of amides is 2. The van der Waals surface area contributed by atoms with Crippen molar-refractivity contribution in [2.24, 2.45) is 0 Å². The third-order valence-electron chi connectivity index (χ3n) is 4.98. The van der Waals surface area contributed by atoms with E-state index in [1.54, 1.807) is 17.0 Å². The third-order valence-corrected chi connectivity index (χ3v) is 4.98. The van der Waals surface area contributed by atoms with Crippen LogP contribution in [0.4, 0.5) is 11.4 Å². The number of nitrogens with zero attached hydrogens (tertiary/aromatic N) is 2. The molecule has 1 aliphatic rings. The van der Waals surface area contributed by atoms with Gasteiger partial charge in [-0.1, -0.05) is 24.3 Å². The van der Waals surface area contributed by atoms with Gasteiger partial charge in [-0.25, -0.2) is 0 Å². The minimum absolute atomic E-state index is 0.0129. The van der Waals surface area contributed by atoms with Crippen LogP contribution in [0, 0.1) is 0 Å². The predicted octanol–water partition coefficient (Wildman–Crippen LogP) is 3.56. The molecule has 0 aliphatic carbocycles. The van der Waals surface area contributed by atoms with Crippen LogP contribution in [0.15, 0.2) is 48.5 Å². The zero-order valence-corrected chi connectivity index (χ0v) is 16.1. The minimum atomic E-state index is -0.0702. The van der Waals surface area contributed by atoms with E-state index in [4.69, 9.17) is 0 Å².